The van der Waals surface area contributed by atoms with Gasteiger partial charge in [0.1, 0.15) is 0 Å². The van der Waals surface area contributed by atoms with Crippen molar-refractivity contribution in [2.24, 2.45) is 5.73 Å². The highest BCUT2D eigenvalue weighted by Crippen LogP contribution is 2.35. The molecule has 0 aliphatic carbocycles. The molecule has 0 aliphatic rings. The zero-order valence-electron chi connectivity index (χ0n) is 12.9. The molecule has 2 aromatic carbocycles. The van der Waals surface area contributed by atoms with Gasteiger partial charge in [-0.05, 0) is 22.6 Å². The molecule has 0 bridgehead atoms. The van der Waals surface area contributed by atoms with E-state index in [0.717, 1.165) is 0 Å². The number of hydrogen-bond donors (Lipinski definition) is 1. The van der Waals surface area contributed by atoms with Crippen molar-refractivity contribution in [1.29, 1.82) is 0 Å². The van der Waals surface area contributed by atoms with Crippen LogP contribution in [-0.4, -0.2) is 0 Å². The monoisotopic (exact) mass is 267 g/mol. The molecule has 2 aromatic rings. The fraction of sp³-hybridized carbons (Fsp3) is 0.368. The highest BCUT2D eigenvalue weighted by atomic mass is 14.7. The van der Waals surface area contributed by atoms with Crippen LogP contribution in [0.25, 0.3) is 0 Å². The lowest BCUT2D eigenvalue weighted by Gasteiger charge is -2.32. The first-order valence-electron chi connectivity index (χ1n) is 7.34. The van der Waals surface area contributed by atoms with Gasteiger partial charge < -0.3 is 5.73 Å². The summed E-state index contributed by atoms with van der Waals surface area (Å²) in [6.45, 7) is 8.85. The van der Waals surface area contributed by atoms with Crippen molar-refractivity contribution in [2.45, 2.75) is 45.1 Å². The van der Waals surface area contributed by atoms with E-state index in [1.807, 2.05) is 6.07 Å². The fourth-order valence-corrected chi connectivity index (χ4v) is 2.55. The van der Waals surface area contributed by atoms with E-state index in [0.29, 0.717) is 5.92 Å². The Hall–Kier alpha value is -1.60. The Bertz CT molecular complexity index is 538. The van der Waals surface area contributed by atoms with Gasteiger partial charge in [-0.3, -0.25) is 0 Å². The van der Waals surface area contributed by atoms with Gasteiger partial charge in [0.15, 0.2) is 0 Å². The van der Waals surface area contributed by atoms with Crippen molar-refractivity contribution in [2.75, 3.05) is 0 Å². The molecule has 2 N–H and O–H groups in total. The van der Waals surface area contributed by atoms with Crippen molar-refractivity contribution in [3.05, 3.63) is 71.3 Å². The summed E-state index contributed by atoms with van der Waals surface area (Å²) in [5.41, 5.74) is 10.3. The van der Waals surface area contributed by atoms with E-state index in [1.54, 1.807) is 0 Å². The minimum Gasteiger partial charge on any atom is -0.323 e. The minimum absolute atomic E-state index is 0.00823. The molecule has 0 spiro atoms. The average molecular weight is 267 g/mol. The van der Waals surface area contributed by atoms with Crippen molar-refractivity contribution in [3.8, 4) is 0 Å². The Morgan fingerprint density at radius 3 is 1.80 bits per heavy atom. The van der Waals surface area contributed by atoms with Crippen molar-refractivity contribution in [3.63, 3.8) is 0 Å². The molecule has 0 saturated heterocycles. The summed E-state index contributed by atoms with van der Waals surface area (Å²) >= 11 is 0. The molecule has 1 nitrogen and oxygen atoms in total. The number of rotatable bonds is 4. The molecule has 2 rings (SSSR count). The van der Waals surface area contributed by atoms with Crippen LogP contribution in [0.5, 0.6) is 0 Å². The van der Waals surface area contributed by atoms with Crippen LogP contribution in [0.15, 0.2) is 54.6 Å². The zero-order valence-corrected chi connectivity index (χ0v) is 12.9. The number of benzene rings is 2. The zero-order chi connectivity index (χ0) is 14.8. The van der Waals surface area contributed by atoms with Gasteiger partial charge in [-0.15, -0.1) is 0 Å². The summed E-state index contributed by atoms with van der Waals surface area (Å²) in [5, 5.41) is 0. The molecule has 0 fully saturated rings. The second-order valence-electron chi connectivity index (χ2n) is 6.39. The fourth-order valence-electron chi connectivity index (χ4n) is 2.55. The van der Waals surface area contributed by atoms with Crippen LogP contribution in [0, 0.1) is 0 Å². The lowest BCUT2D eigenvalue weighted by Crippen LogP contribution is -2.33. The van der Waals surface area contributed by atoms with Crippen molar-refractivity contribution < 1.29 is 0 Å². The van der Waals surface area contributed by atoms with Gasteiger partial charge in [-0.2, -0.15) is 0 Å². The normalized spacial score (nSPS) is 13.5. The lowest BCUT2D eigenvalue weighted by molar-refractivity contribution is 0.421. The van der Waals surface area contributed by atoms with E-state index >= 15 is 0 Å². The maximum atomic E-state index is 6.53. The number of nitrogens with two attached hydrogens (primary N) is 1. The van der Waals surface area contributed by atoms with Gasteiger partial charge in [0.2, 0.25) is 0 Å². The third-order valence-corrected chi connectivity index (χ3v) is 4.26. The van der Waals surface area contributed by atoms with Gasteiger partial charge in [0.05, 0.1) is 0 Å². The van der Waals surface area contributed by atoms with Crippen LogP contribution in [0.1, 0.15) is 56.3 Å². The SMILES string of the molecule is CC(C)c1ccc(C(N)C(C)(C)c2ccccc2)cc1. The summed E-state index contributed by atoms with van der Waals surface area (Å²) in [6.07, 6.45) is 0. The van der Waals surface area contributed by atoms with Gasteiger partial charge in [0, 0.05) is 11.5 Å². The Morgan fingerprint density at radius 1 is 0.800 bits per heavy atom. The topological polar surface area (TPSA) is 26.0 Å². The molecule has 20 heavy (non-hydrogen) atoms. The average Bonchev–Trinajstić information content (AvgIpc) is 2.47. The summed E-state index contributed by atoms with van der Waals surface area (Å²) < 4.78 is 0. The van der Waals surface area contributed by atoms with Crippen LogP contribution in [0.3, 0.4) is 0 Å². The third-order valence-electron chi connectivity index (χ3n) is 4.26. The van der Waals surface area contributed by atoms with E-state index < -0.39 is 0 Å². The molecule has 106 valence electrons. The van der Waals surface area contributed by atoms with E-state index in [2.05, 4.69) is 76.2 Å². The standard InChI is InChI=1S/C19H25N/c1-14(2)15-10-12-16(13-11-15)18(20)19(3,4)17-8-6-5-7-9-17/h5-14,18H,20H2,1-4H3. The van der Waals surface area contributed by atoms with E-state index in [9.17, 15) is 0 Å². The first kappa shape index (κ1) is 14.8. The Morgan fingerprint density at radius 2 is 1.30 bits per heavy atom. The number of hydrogen-bond acceptors (Lipinski definition) is 1. The molecule has 0 saturated carbocycles. The first-order chi connectivity index (χ1) is 9.43. The van der Waals surface area contributed by atoms with E-state index in [-0.39, 0.29) is 11.5 Å². The molecule has 0 heterocycles. The van der Waals surface area contributed by atoms with Gasteiger partial charge in [-0.1, -0.05) is 82.3 Å². The van der Waals surface area contributed by atoms with Gasteiger partial charge in [-0.25, -0.2) is 0 Å². The van der Waals surface area contributed by atoms with Crippen molar-refractivity contribution in [1.82, 2.24) is 0 Å². The summed E-state index contributed by atoms with van der Waals surface area (Å²) in [4.78, 5) is 0. The molecular weight excluding hydrogens is 242 g/mol. The third kappa shape index (κ3) is 2.94. The summed E-state index contributed by atoms with van der Waals surface area (Å²) in [5.74, 6) is 0.558. The Labute approximate surface area is 122 Å². The second kappa shape index (κ2) is 5.80. The second-order valence-corrected chi connectivity index (χ2v) is 6.39. The molecule has 0 aromatic heterocycles. The first-order valence-corrected chi connectivity index (χ1v) is 7.34. The van der Waals surface area contributed by atoms with Crippen molar-refractivity contribution >= 4 is 0 Å². The molecule has 1 atom stereocenters. The van der Waals surface area contributed by atoms with Gasteiger partial charge in [0.25, 0.3) is 0 Å². The highest BCUT2D eigenvalue weighted by Gasteiger charge is 2.29. The van der Waals surface area contributed by atoms with Crippen LogP contribution in [-0.2, 0) is 5.41 Å². The lowest BCUT2D eigenvalue weighted by atomic mass is 9.75. The largest absolute Gasteiger partial charge is 0.323 e. The Kier molecular flexibility index (Phi) is 4.29. The highest BCUT2D eigenvalue weighted by molar-refractivity contribution is 5.33. The predicted molar refractivity (Wildman–Crippen MR) is 86.9 cm³/mol. The molecule has 0 amide bonds. The predicted octanol–water partition coefficient (Wildman–Crippen LogP) is 4.79. The quantitative estimate of drug-likeness (QED) is 0.847. The van der Waals surface area contributed by atoms with Gasteiger partial charge >= 0.3 is 0 Å². The maximum Gasteiger partial charge on any atom is 0.0387 e. The molecule has 0 radical (unpaired) electrons. The van der Waals surface area contributed by atoms with E-state index in [1.165, 1.54) is 16.7 Å². The van der Waals surface area contributed by atoms with Crippen LogP contribution in [0.4, 0.5) is 0 Å². The van der Waals surface area contributed by atoms with E-state index in [4.69, 9.17) is 5.73 Å². The molecule has 1 unspecified atom stereocenters. The summed E-state index contributed by atoms with van der Waals surface area (Å²) in [6, 6.07) is 19.2. The minimum atomic E-state index is -0.0827. The van der Waals surface area contributed by atoms with Crippen LogP contribution < -0.4 is 5.73 Å². The smallest absolute Gasteiger partial charge is 0.0387 e. The maximum absolute atomic E-state index is 6.53. The van der Waals surface area contributed by atoms with Crippen LogP contribution >= 0.6 is 0 Å². The molecule has 1 heteroatoms. The summed E-state index contributed by atoms with van der Waals surface area (Å²) in [7, 11) is 0. The molecule has 0 aliphatic heterocycles. The van der Waals surface area contributed by atoms with Crippen LogP contribution in [0.2, 0.25) is 0 Å². The Balaban J connectivity index is 2.28. The molecular formula is C19H25N.